The quantitative estimate of drug-likeness (QED) is 0.849. The van der Waals surface area contributed by atoms with Crippen LogP contribution in [0.15, 0.2) is 12.3 Å². The largest absolute Gasteiger partial charge is 0.372 e. The van der Waals surface area contributed by atoms with Gasteiger partial charge in [0.15, 0.2) is 0 Å². The van der Waals surface area contributed by atoms with Crippen molar-refractivity contribution in [3.8, 4) is 0 Å². The molecule has 0 spiro atoms. The molecule has 1 amide bonds. The molecule has 2 aromatic rings. The number of rotatable bonds is 3. The van der Waals surface area contributed by atoms with Crippen LogP contribution >= 0.6 is 11.6 Å². The molecule has 24 heavy (non-hydrogen) atoms. The zero-order valence-electron chi connectivity index (χ0n) is 14.4. The van der Waals surface area contributed by atoms with Crippen LogP contribution in [0.5, 0.6) is 0 Å². The van der Waals surface area contributed by atoms with Gasteiger partial charge in [0, 0.05) is 19.3 Å². The Kier molecular flexibility index (Phi) is 4.64. The number of aromatic nitrogens is 4. The van der Waals surface area contributed by atoms with Gasteiger partial charge in [-0.3, -0.25) is 9.48 Å². The van der Waals surface area contributed by atoms with Gasteiger partial charge in [-0.05, 0) is 33.8 Å². The van der Waals surface area contributed by atoms with Gasteiger partial charge in [-0.25, -0.2) is 4.68 Å². The molecule has 1 aliphatic heterocycles. The van der Waals surface area contributed by atoms with Gasteiger partial charge < -0.3 is 9.64 Å². The minimum atomic E-state index is -0.0675. The van der Waals surface area contributed by atoms with E-state index in [0.29, 0.717) is 30.5 Å². The number of morpholine rings is 1. The van der Waals surface area contributed by atoms with Crippen molar-refractivity contribution in [1.82, 2.24) is 24.5 Å². The summed E-state index contributed by atoms with van der Waals surface area (Å²) >= 11 is 6.16. The molecule has 0 radical (unpaired) electrons. The number of carbonyl (C=O) groups is 1. The van der Waals surface area contributed by atoms with Crippen molar-refractivity contribution in [3.63, 3.8) is 0 Å². The molecule has 2 aromatic heterocycles. The van der Waals surface area contributed by atoms with Crippen molar-refractivity contribution >= 4 is 17.5 Å². The summed E-state index contributed by atoms with van der Waals surface area (Å²) in [7, 11) is 0. The number of nitrogens with zero attached hydrogens (tertiary/aromatic N) is 5. The average molecular weight is 352 g/mol. The van der Waals surface area contributed by atoms with Gasteiger partial charge >= 0.3 is 0 Å². The van der Waals surface area contributed by atoms with Crippen LogP contribution < -0.4 is 0 Å². The number of aryl methyl sites for hydroxylation is 1. The molecule has 3 heterocycles. The first-order chi connectivity index (χ1) is 11.3. The molecule has 0 unspecified atom stereocenters. The molecule has 0 aromatic carbocycles. The smallest absolute Gasteiger partial charge is 0.274 e. The Morgan fingerprint density at radius 3 is 2.54 bits per heavy atom. The van der Waals surface area contributed by atoms with Crippen LogP contribution in [0.2, 0.25) is 5.02 Å². The summed E-state index contributed by atoms with van der Waals surface area (Å²) in [6.07, 6.45) is 1.86. The fourth-order valence-electron chi connectivity index (χ4n) is 3.01. The molecular weight excluding hydrogens is 330 g/mol. The Morgan fingerprint density at radius 1 is 1.29 bits per heavy atom. The fraction of sp³-hybridized carbons (Fsp3) is 0.562. The first-order valence-corrected chi connectivity index (χ1v) is 8.40. The van der Waals surface area contributed by atoms with Gasteiger partial charge in [0.25, 0.3) is 5.91 Å². The Bertz CT molecular complexity index is 744. The standard InChI is InChI=1S/C16H22ClN5O2/c1-10-7-20(8-11(2)24-10)16(23)14-5-6-21(19-14)9-22-13(4)15(17)12(3)18-22/h5-6,10-11H,7-9H2,1-4H3/t10-,11-/m0/s1. The van der Waals surface area contributed by atoms with Crippen molar-refractivity contribution < 1.29 is 9.53 Å². The zero-order valence-corrected chi connectivity index (χ0v) is 15.1. The second-order valence-electron chi connectivity index (χ2n) is 6.33. The van der Waals surface area contributed by atoms with Crippen molar-refractivity contribution in [3.05, 3.63) is 34.4 Å². The monoisotopic (exact) mass is 351 g/mol. The van der Waals surface area contributed by atoms with E-state index in [1.54, 1.807) is 26.5 Å². The summed E-state index contributed by atoms with van der Waals surface area (Å²) in [5, 5.41) is 9.43. The number of hydrogen-bond donors (Lipinski definition) is 0. The van der Waals surface area contributed by atoms with Gasteiger partial charge in [-0.2, -0.15) is 10.2 Å². The van der Waals surface area contributed by atoms with E-state index in [9.17, 15) is 4.79 Å². The van der Waals surface area contributed by atoms with Crippen LogP contribution in [-0.2, 0) is 11.4 Å². The SMILES string of the molecule is Cc1nn(Cn2ccc(C(=O)N3C[C@H](C)O[C@@H](C)C3)n2)c(C)c1Cl. The van der Waals surface area contributed by atoms with Gasteiger partial charge in [-0.1, -0.05) is 11.6 Å². The summed E-state index contributed by atoms with van der Waals surface area (Å²) in [5.41, 5.74) is 2.10. The van der Waals surface area contributed by atoms with E-state index in [4.69, 9.17) is 16.3 Å². The molecule has 130 valence electrons. The van der Waals surface area contributed by atoms with E-state index in [1.807, 2.05) is 27.7 Å². The molecule has 0 bridgehead atoms. The maximum absolute atomic E-state index is 12.6. The van der Waals surface area contributed by atoms with E-state index in [1.165, 1.54) is 0 Å². The summed E-state index contributed by atoms with van der Waals surface area (Å²) in [5.74, 6) is -0.0675. The van der Waals surface area contributed by atoms with Crippen molar-refractivity contribution in [2.75, 3.05) is 13.1 Å². The highest BCUT2D eigenvalue weighted by molar-refractivity contribution is 6.31. The van der Waals surface area contributed by atoms with Crippen LogP contribution in [0.1, 0.15) is 35.7 Å². The van der Waals surface area contributed by atoms with Crippen LogP contribution in [0.4, 0.5) is 0 Å². The summed E-state index contributed by atoms with van der Waals surface area (Å²) in [6.45, 7) is 9.32. The third kappa shape index (κ3) is 3.32. The Labute approximate surface area is 146 Å². The second-order valence-corrected chi connectivity index (χ2v) is 6.71. The minimum Gasteiger partial charge on any atom is -0.372 e. The molecule has 1 aliphatic rings. The molecule has 1 fully saturated rings. The average Bonchev–Trinajstić information content (AvgIpc) is 3.07. The molecule has 0 N–H and O–H groups in total. The molecular formula is C16H22ClN5O2. The molecule has 8 heteroatoms. The second kappa shape index (κ2) is 6.57. The number of carbonyl (C=O) groups excluding carboxylic acids is 1. The van der Waals surface area contributed by atoms with E-state index < -0.39 is 0 Å². The maximum Gasteiger partial charge on any atom is 0.274 e. The van der Waals surface area contributed by atoms with Crippen LogP contribution in [0.25, 0.3) is 0 Å². The number of hydrogen-bond acceptors (Lipinski definition) is 4. The van der Waals surface area contributed by atoms with E-state index in [0.717, 1.165) is 11.4 Å². The van der Waals surface area contributed by atoms with Crippen molar-refractivity contribution in [1.29, 1.82) is 0 Å². The van der Waals surface area contributed by atoms with Crippen molar-refractivity contribution in [2.24, 2.45) is 0 Å². The van der Waals surface area contributed by atoms with E-state index >= 15 is 0 Å². The third-order valence-corrected chi connectivity index (χ3v) is 4.69. The Hall–Kier alpha value is -1.86. The van der Waals surface area contributed by atoms with Gasteiger partial charge in [0.05, 0.1) is 28.6 Å². The normalized spacial score (nSPS) is 21.3. The van der Waals surface area contributed by atoms with Crippen molar-refractivity contribution in [2.45, 2.75) is 46.6 Å². The minimum absolute atomic E-state index is 0.0385. The number of ether oxygens (including phenoxy) is 1. The van der Waals surface area contributed by atoms with Crippen LogP contribution in [-0.4, -0.2) is 55.7 Å². The molecule has 0 saturated carbocycles. The maximum atomic E-state index is 12.6. The lowest BCUT2D eigenvalue weighted by Crippen LogP contribution is -2.48. The van der Waals surface area contributed by atoms with Gasteiger partial charge in [-0.15, -0.1) is 0 Å². The lowest BCUT2D eigenvalue weighted by molar-refractivity contribution is -0.0587. The van der Waals surface area contributed by atoms with Gasteiger partial charge in [0.1, 0.15) is 12.4 Å². The highest BCUT2D eigenvalue weighted by atomic mass is 35.5. The predicted molar refractivity (Wildman–Crippen MR) is 90.2 cm³/mol. The lowest BCUT2D eigenvalue weighted by atomic mass is 10.2. The molecule has 0 aliphatic carbocycles. The lowest BCUT2D eigenvalue weighted by Gasteiger charge is -2.34. The van der Waals surface area contributed by atoms with Crippen LogP contribution in [0, 0.1) is 13.8 Å². The van der Waals surface area contributed by atoms with Crippen LogP contribution in [0.3, 0.4) is 0 Å². The highest BCUT2D eigenvalue weighted by Crippen LogP contribution is 2.19. The topological polar surface area (TPSA) is 65.2 Å². The molecule has 3 rings (SSSR count). The summed E-state index contributed by atoms with van der Waals surface area (Å²) in [6, 6.07) is 1.74. The first-order valence-electron chi connectivity index (χ1n) is 8.03. The predicted octanol–water partition coefficient (Wildman–Crippen LogP) is 2.11. The fourth-order valence-corrected chi connectivity index (χ4v) is 3.15. The molecule has 2 atom stereocenters. The first kappa shape index (κ1) is 17.0. The Balaban J connectivity index is 1.73. The number of halogens is 1. The highest BCUT2D eigenvalue weighted by Gasteiger charge is 2.27. The molecule has 7 nitrogen and oxygen atoms in total. The third-order valence-electron chi connectivity index (χ3n) is 4.14. The molecule has 1 saturated heterocycles. The number of amides is 1. The Morgan fingerprint density at radius 2 is 1.96 bits per heavy atom. The summed E-state index contributed by atoms with van der Waals surface area (Å²) < 4.78 is 9.14. The van der Waals surface area contributed by atoms with E-state index in [2.05, 4.69) is 10.2 Å². The summed E-state index contributed by atoms with van der Waals surface area (Å²) in [4.78, 5) is 14.4. The van der Waals surface area contributed by atoms with Gasteiger partial charge in [0.2, 0.25) is 0 Å². The van der Waals surface area contributed by atoms with E-state index in [-0.39, 0.29) is 18.1 Å². The zero-order chi connectivity index (χ0) is 17.4.